The average Bonchev–Trinajstić information content (AvgIpc) is 2.14. The Balaban J connectivity index is 4.72. The minimum absolute atomic E-state index is 0.453. The normalized spacial score (nSPS) is 15.9. The molecule has 0 fully saturated rings. The summed E-state index contributed by atoms with van der Waals surface area (Å²) in [5.74, 6) is 0.453. The summed E-state index contributed by atoms with van der Waals surface area (Å²) < 4.78 is 0. The fourth-order valence-electron chi connectivity index (χ4n) is 1.49. The molecule has 0 heterocycles. The molecule has 0 aromatic rings. The first-order valence-electron chi connectivity index (χ1n) is 6.02. The zero-order valence-corrected chi connectivity index (χ0v) is 10.9. The second-order valence-corrected chi connectivity index (χ2v) is 4.45. The number of hydrogen-bond donors (Lipinski definition) is 1. The van der Waals surface area contributed by atoms with E-state index in [-0.39, 0.29) is 0 Å². The van der Waals surface area contributed by atoms with Gasteiger partial charge in [-0.25, -0.2) is 0 Å². The van der Waals surface area contributed by atoms with E-state index in [2.05, 4.69) is 27.7 Å². The van der Waals surface area contributed by atoms with Gasteiger partial charge in [-0.1, -0.05) is 34.1 Å². The second kappa shape index (κ2) is 7.49. The number of rotatable bonds is 6. The molecular formula is C13H26N2. The standard InChI is InChI=1S/C13H26N2/c1-6-8-12(7-2)15-13(10(3)4)9-11(5)14/h9-10,12H,6-8,14H2,1-5H3. The smallest absolute Gasteiger partial charge is 0.0500 e. The number of nitrogens with two attached hydrogens (primary N) is 1. The predicted octanol–water partition coefficient (Wildman–Crippen LogP) is 3.52. The summed E-state index contributed by atoms with van der Waals surface area (Å²) in [5.41, 5.74) is 7.68. The van der Waals surface area contributed by atoms with Gasteiger partial charge < -0.3 is 5.73 Å². The Morgan fingerprint density at radius 3 is 2.27 bits per heavy atom. The molecular weight excluding hydrogens is 184 g/mol. The van der Waals surface area contributed by atoms with Crippen molar-refractivity contribution in [3.05, 3.63) is 11.8 Å². The van der Waals surface area contributed by atoms with Gasteiger partial charge in [-0.05, 0) is 31.8 Å². The Morgan fingerprint density at radius 1 is 1.33 bits per heavy atom. The monoisotopic (exact) mass is 210 g/mol. The van der Waals surface area contributed by atoms with Gasteiger partial charge in [-0.2, -0.15) is 0 Å². The van der Waals surface area contributed by atoms with Gasteiger partial charge in [-0.3, -0.25) is 4.99 Å². The molecule has 0 aliphatic rings. The van der Waals surface area contributed by atoms with Crippen molar-refractivity contribution in [1.29, 1.82) is 0 Å². The molecule has 1 unspecified atom stereocenters. The highest BCUT2D eigenvalue weighted by Crippen LogP contribution is 2.10. The van der Waals surface area contributed by atoms with Gasteiger partial charge in [0.1, 0.15) is 0 Å². The van der Waals surface area contributed by atoms with Crippen LogP contribution >= 0.6 is 0 Å². The molecule has 88 valence electrons. The summed E-state index contributed by atoms with van der Waals surface area (Å²) in [6.07, 6.45) is 5.48. The molecule has 0 rings (SSSR count). The van der Waals surface area contributed by atoms with Crippen LogP contribution in [0.4, 0.5) is 0 Å². The molecule has 0 spiro atoms. The zero-order valence-electron chi connectivity index (χ0n) is 10.9. The van der Waals surface area contributed by atoms with Gasteiger partial charge >= 0.3 is 0 Å². The highest BCUT2D eigenvalue weighted by atomic mass is 14.8. The van der Waals surface area contributed by atoms with E-state index in [4.69, 9.17) is 10.7 Å². The highest BCUT2D eigenvalue weighted by Gasteiger charge is 2.07. The van der Waals surface area contributed by atoms with Crippen LogP contribution in [0, 0.1) is 5.92 Å². The fourth-order valence-corrected chi connectivity index (χ4v) is 1.49. The van der Waals surface area contributed by atoms with Gasteiger partial charge in [0.05, 0.1) is 0 Å². The average molecular weight is 210 g/mol. The van der Waals surface area contributed by atoms with Crippen molar-refractivity contribution in [3.8, 4) is 0 Å². The molecule has 1 atom stereocenters. The molecule has 0 saturated heterocycles. The fraction of sp³-hybridized carbons (Fsp3) is 0.769. The first kappa shape index (κ1) is 14.2. The second-order valence-electron chi connectivity index (χ2n) is 4.45. The van der Waals surface area contributed by atoms with E-state index in [1.807, 2.05) is 13.0 Å². The first-order chi connectivity index (χ1) is 7.01. The minimum atomic E-state index is 0.453. The van der Waals surface area contributed by atoms with Crippen molar-refractivity contribution < 1.29 is 0 Å². The summed E-state index contributed by atoms with van der Waals surface area (Å²) >= 11 is 0. The molecule has 0 aromatic carbocycles. The number of nitrogens with zero attached hydrogens (tertiary/aromatic N) is 1. The van der Waals surface area contributed by atoms with Crippen LogP contribution in [0.25, 0.3) is 0 Å². The molecule has 0 amide bonds. The van der Waals surface area contributed by atoms with E-state index in [9.17, 15) is 0 Å². The van der Waals surface area contributed by atoms with Crippen molar-refractivity contribution >= 4 is 5.71 Å². The van der Waals surface area contributed by atoms with Crippen molar-refractivity contribution in [3.63, 3.8) is 0 Å². The third kappa shape index (κ3) is 6.32. The zero-order chi connectivity index (χ0) is 11.8. The van der Waals surface area contributed by atoms with E-state index in [1.54, 1.807) is 0 Å². The molecule has 0 radical (unpaired) electrons. The largest absolute Gasteiger partial charge is 0.402 e. The van der Waals surface area contributed by atoms with Gasteiger partial charge in [0.25, 0.3) is 0 Å². The van der Waals surface area contributed by atoms with Gasteiger partial charge in [0.15, 0.2) is 0 Å². The van der Waals surface area contributed by atoms with Crippen molar-refractivity contribution in [2.75, 3.05) is 0 Å². The van der Waals surface area contributed by atoms with E-state index >= 15 is 0 Å². The van der Waals surface area contributed by atoms with Crippen LogP contribution in [0.3, 0.4) is 0 Å². The van der Waals surface area contributed by atoms with Crippen LogP contribution < -0.4 is 5.73 Å². The molecule has 0 aliphatic heterocycles. The van der Waals surface area contributed by atoms with Crippen LogP contribution in [0.1, 0.15) is 53.9 Å². The molecule has 2 heteroatoms. The molecule has 0 aromatic heterocycles. The van der Waals surface area contributed by atoms with Crippen LogP contribution in [0.2, 0.25) is 0 Å². The Labute approximate surface area is 94.7 Å². The van der Waals surface area contributed by atoms with Crippen molar-refractivity contribution in [1.82, 2.24) is 0 Å². The Morgan fingerprint density at radius 2 is 1.93 bits per heavy atom. The van der Waals surface area contributed by atoms with Crippen LogP contribution in [0.15, 0.2) is 16.8 Å². The number of aliphatic imine (C=N–C) groups is 1. The topological polar surface area (TPSA) is 38.4 Å². The van der Waals surface area contributed by atoms with Crippen LogP contribution in [-0.2, 0) is 0 Å². The van der Waals surface area contributed by atoms with E-state index < -0.39 is 0 Å². The quantitative estimate of drug-likeness (QED) is 0.669. The summed E-state index contributed by atoms with van der Waals surface area (Å²) in [7, 11) is 0. The molecule has 0 saturated carbocycles. The highest BCUT2D eigenvalue weighted by molar-refractivity contribution is 5.96. The van der Waals surface area contributed by atoms with Gasteiger partial charge in [-0.15, -0.1) is 0 Å². The Bertz CT molecular complexity index is 223. The van der Waals surface area contributed by atoms with Gasteiger partial charge in [0, 0.05) is 17.5 Å². The summed E-state index contributed by atoms with van der Waals surface area (Å²) in [4.78, 5) is 4.78. The van der Waals surface area contributed by atoms with Gasteiger partial charge in [0.2, 0.25) is 0 Å². The molecule has 2 nitrogen and oxygen atoms in total. The Kier molecular flexibility index (Phi) is 7.10. The third-order valence-corrected chi connectivity index (χ3v) is 2.39. The van der Waals surface area contributed by atoms with E-state index in [0.29, 0.717) is 12.0 Å². The lowest BCUT2D eigenvalue weighted by Crippen LogP contribution is -2.13. The summed E-state index contributed by atoms with van der Waals surface area (Å²) in [6, 6.07) is 0.461. The predicted molar refractivity (Wildman–Crippen MR) is 69.2 cm³/mol. The van der Waals surface area contributed by atoms with Crippen molar-refractivity contribution in [2.45, 2.75) is 59.9 Å². The maximum atomic E-state index is 5.70. The Hall–Kier alpha value is -0.790. The lowest BCUT2D eigenvalue weighted by atomic mass is 10.0. The van der Waals surface area contributed by atoms with E-state index in [0.717, 1.165) is 17.8 Å². The summed E-state index contributed by atoms with van der Waals surface area (Å²) in [5, 5.41) is 0. The molecule has 0 bridgehead atoms. The maximum absolute atomic E-state index is 5.70. The number of allylic oxidation sites excluding steroid dienone is 2. The lowest BCUT2D eigenvalue weighted by molar-refractivity contribution is 0.585. The van der Waals surface area contributed by atoms with Crippen LogP contribution in [0.5, 0.6) is 0 Å². The van der Waals surface area contributed by atoms with E-state index in [1.165, 1.54) is 12.8 Å². The lowest BCUT2D eigenvalue weighted by Gasteiger charge is -2.13. The van der Waals surface area contributed by atoms with Crippen LogP contribution in [-0.4, -0.2) is 11.8 Å². The molecule has 0 aliphatic carbocycles. The van der Waals surface area contributed by atoms with Crippen molar-refractivity contribution in [2.24, 2.45) is 16.6 Å². The number of hydrogen-bond acceptors (Lipinski definition) is 2. The first-order valence-corrected chi connectivity index (χ1v) is 6.02. The molecule has 2 N–H and O–H groups in total. The third-order valence-electron chi connectivity index (χ3n) is 2.39. The molecule has 15 heavy (non-hydrogen) atoms. The summed E-state index contributed by atoms with van der Waals surface area (Å²) in [6.45, 7) is 10.6. The maximum Gasteiger partial charge on any atom is 0.0500 e. The minimum Gasteiger partial charge on any atom is -0.402 e. The SMILES string of the molecule is CCCC(CC)N=C(C=C(C)N)C(C)C.